The number of benzene rings is 1. The van der Waals surface area contributed by atoms with E-state index in [1.165, 1.54) is 6.26 Å². The third-order valence-corrected chi connectivity index (χ3v) is 4.14. The van der Waals surface area contributed by atoms with Crippen LogP contribution in [0.2, 0.25) is 0 Å². The van der Waals surface area contributed by atoms with Crippen LogP contribution in [0.1, 0.15) is 34.5 Å². The minimum absolute atomic E-state index is 0.110. The number of nitrogens with one attached hydrogen (secondary N) is 2. The van der Waals surface area contributed by atoms with Crippen molar-refractivity contribution in [3.05, 3.63) is 53.5 Å². The summed E-state index contributed by atoms with van der Waals surface area (Å²) >= 11 is 0. The van der Waals surface area contributed by atoms with Gasteiger partial charge in [-0.2, -0.15) is 5.21 Å². The van der Waals surface area contributed by atoms with Crippen LogP contribution < -0.4 is 5.32 Å². The van der Waals surface area contributed by atoms with Crippen LogP contribution in [0, 0.1) is 6.92 Å². The van der Waals surface area contributed by atoms with Crippen LogP contribution in [0.5, 0.6) is 0 Å². The average Bonchev–Trinajstić information content (AvgIpc) is 2.99. The summed E-state index contributed by atoms with van der Waals surface area (Å²) in [6.07, 6.45) is 3.34. The van der Waals surface area contributed by atoms with E-state index in [4.69, 9.17) is 4.42 Å². The first kappa shape index (κ1) is 13.7. The molecular formula is C16H15N5O2. The van der Waals surface area contributed by atoms with Gasteiger partial charge >= 0.3 is 0 Å². The number of rotatable bonds is 4. The molecule has 116 valence electrons. The summed E-state index contributed by atoms with van der Waals surface area (Å²) in [5.41, 5.74) is 2.24. The number of aryl methyl sites for hydroxylation is 1. The number of hydrogen-bond donors (Lipinski definition) is 2. The molecule has 1 aliphatic carbocycles. The lowest BCUT2D eigenvalue weighted by molar-refractivity contribution is 0.0930. The van der Waals surface area contributed by atoms with Crippen LogP contribution in [0.25, 0.3) is 11.4 Å². The van der Waals surface area contributed by atoms with Crippen LogP contribution in [0.3, 0.4) is 0 Å². The van der Waals surface area contributed by atoms with Crippen molar-refractivity contribution in [1.29, 1.82) is 0 Å². The fraction of sp³-hybridized carbons (Fsp3) is 0.250. The number of furan rings is 1. The molecule has 3 aromatic rings. The molecule has 2 aromatic heterocycles. The highest BCUT2D eigenvalue weighted by molar-refractivity contribution is 5.94. The smallest absolute Gasteiger partial charge is 0.255 e. The molecule has 0 bridgehead atoms. The van der Waals surface area contributed by atoms with Crippen LogP contribution in [-0.4, -0.2) is 26.5 Å². The first-order valence-corrected chi connectivity index (χ1v) is 7.38. The first-order valence-electron chi connectivity index (χ1n) is 7.38. The third kappa shape index (κ3) is 2.50. The van der Waals surface area contributed by atoms with E-state index in [0.29, 0.717) is 11.4 Å². The van der Waals surface area contributed by atoms with Gasteiger partial charge in [-0.15, -0.1) is 10.2 Å². The largest absolute Gasteiger partial charge is 0.469 e. The van der Waals surface area contributed by atoms with Gasteiger partial charge in [0, 0.05) is 5.56 Å². The van der Waals surface area contributed by atoms with Crippen molar-refractivity contribution < 1.29 is 9.21 Å². The zero-order valence-corrected chi connectivity index (χ0v) is 12.5. The first-order chi connectivity index (χ1) is 11.2. The van der Waals surface area contributed by atoms with Crippen LogP contribution in [-0.2, 0) is 5.54 Å². The number of amides is 1. The Hall–Kier alpha value is -2.96. The van der Waals surface area contributed by atoms with Gasteiger partial charge in [-0.05, 0) is 36.6 Å². The summed E-state index contributed by atoms with van der Waals surface area (Å²) in [6, 6.07) is 9.62. The maximum atomic E-state index is 12.3. The van der Waals surface area contributed by atoms with Crippen molar-refractivity contribution in [2.75, 3.05) is 0 Å². The Kier molecular flexibility index (Phi) is 3.00. The second-order valence-corrected chi connectivity index (χ2v) is 5.80. The van der Waals surface area contributed by atoms with E-state index in [-0.39, 0.29) is 11.4 Å². The third-order valence-electron chi connectivity index (χ3n) is 4.14. The highest BCUT2D eigenvalue weighted by atomic mass is 16.3. The zero-order valence-electron chi connectivity index (χ0n) is 12.5. The molecule has 0 saturated heterocycles. The summed E-state index contributed by atoms with van der Waals surface area (Å²) in [6.45, 7) is 1.82. The molecule has 1 aromatic carbocycles. The van der Waals surface area contributed by atoms with E-state index in [9.17, 15) is 4.79 Å². The molecule has 1 saturated carbocycles. The van der Waals surface area contributed by atoms with Gasteiger partial charge in [0.15, 0.2) is 0 Å². The molecule has 0 spiro atoms. The highest BCUT2D eigenvalue weighted by Gasteiger charge is 2.45. The molecule has 7 heteroatoms. The average molecular weight is 309 g/mol. The van der Waals surface area contributed by atoms with Crippen molar-refractivity contribution in [2.45, 2.75) is 25.3 Å². The molecule has 2 heterocycles. The van der Waals surface area contributed by atoms with E-state index in [0.717, 1.165) is 29.7 Å². The number of aromatic nitrogens is 4. The maximum absolute atomic E-state index is 12.3. The Bertz CT molecular complexity index is 832. The standard InChI is InChI=1S/C16H15N5O2/c1-10-8-12(9-23-10)15(22)17-16(6-7-16)13-4-2-11(3-5-13)14-18-20-21-19-14/h2-5,8-9H,6-7H2,1H3,(H,17,22)(H,18,19,20,21). The molecule has 0 atom stereocenters. The Labute approximate surface area is 132 Å². The van der Waals surface area contributed by atoms with Crippen molar-refractivity contribution in [3.63, 3.8) is 0 Å². The maximum Gasteiger partial charge on any atom is 0.255 e. The lowest BCUT2D eigenvalue weighted by Gasteiger charge is -2.17. The minimum Gasteiger partial charge on any atom is -0.469 e. The normalized spacial score (nSPS) is 15.3. The fourth-order valence-corrected chi connectivity index (χ4v) is 2.69. The van der Waals surface area contributed by atoms with Crippen molar-refractivity contribution >= 4 is 5.91 Å². The SMILES string of the molecule is Cc1cc(C(=O)NC2(c3ccc(-c4nn[nH]n4)cc3)CC2)co1. The van der Waals surface area contributed by atoms with Crippen molar-refractivity contribution in [1.82, 2.24) is 25.9 Å². The van der Waals surface area contributed by atoms with Gasteiger partial charge in [0.05, 0.1) is 11.1 Å². The number of carbonyl (C=O) groups excluding carboxylic acids is 1. The second kappa shape index (κ2) is 5.05. The summed E-state index contributed by atoms with van der Waals surface area (Å²) < 4.78 is 5.20. The highest BCUT2D eigenvalue weighted by Crippen LogP contribution is 2.46. The van der Waals surface area contributed by atoms with Crippen LogP contribution in [0.4, 0.5) is 0 Å². The van der Waals surface area contributed by atoms with E-state index < -0.39 is 0 Å². The van der Waals surface area contributed by atoms with Gasteiger partial charge in [0.2, 0.25) is 5.82 Å². The lowest BCUT2D eigenvalue weighted by Crippen LogP contribution is -2.34. The molecule has 0 unspecified atom stereocenters. The summed E-state index contributed by atoms with van der Waals surface area (Å²) in [5.74, 6) is 1.17. The lowest BCUT2D eigenvalue weighted by atomic mass is 10.0. The predicted molar refractivity (Wildman–Crippen MR) is 81.4 cm³/mol. The molecule has 23 heavy (non-hydrogen) atoms. The monoisotopic (exact) mass is 309 g/mol. The zero-order chi connectivity index (χ0) is 15.9. The molecule has 4 rings (SSSR count). The molecular weight excluding hydrogens is 294 g/mol. The van der Waals surface area contributed by atoms with E-state index in [1.807, 2.05) is 31.2 Å². The molecule has 2 N–H and O–H groups in total. The topological polar surface area (TPSA) is 96.7 Å². The van der Waals surface area contributed by atoms with E-state index in [2.05, 4.69) is 25.9 Å². The predicted octanol–water partition coefficient (Wildman–Crippen LogP) is 2.19. The number of nitrogens with zero attached hydrogens (tertiary/aromatic N) is 3. The van der Waals surface area contributed by atoms with Gasteiger partial charge in [0.1, 0.15) is 12.0 Å². The van der Waals surface area contributed by atoms with Gasteiger partial charge in [-0.3, -0.25) is 4.79 Å². The number of H-pyrrole nitrogens is 1. The fourth-order valence-electron chi connectivity index (χ4n) is 2.69. The molecule has 0 aliphatic heterocycles. The minimum atomic E-state index is -0.280. The summed E-state index contributed by atoms with van der Waals surface area (Å²) in [5, 5.41) is 17.0. The Balaban J connectivity index is 1.54. The van der Waals surface area contributed by atoms with Crippen molar-refractivity contribution in [3.8, 4) is 11.4 Å². The van der Waals surface area contributed by atoms with Crippen LogP contribution >= 0.6 is 0 Å². The Morgan fingerprint density at radius 3 is 2.65 bits per heavy atom. The van der Waals surface area contributed by atoms with Gasteiger partial charge in [-0.25, -0.2) is 0 Å². The van der Waals surface area contributed by atoms with E-state index >= 15 is 0 Å². The Morgan fingerprint density at radius 2 is 2.09 bits per heavy atom. The number of hydrogen-bond acceptors (Lipinski definition) is 5. The van der Waals surface area contributed by atoms with Gasteiger partial charge < -0.3 is 9.73 Å². The van der Waals surface area contributed by atoms with Crippen molar-refractivity contribution in [2.24, 2.45) is 0 Å². The molecule has 0 radical (unpaired) electrons. The van der Waals surface area contributed by atoms with E-state index in [1.54, 1.807) is 6.07 Å². The number of carbonyl (C=O) groups is 1. The molecule has 1 amide bonds. The summed E-state index contributed by atoms with van der Waals surface area (Å²) in [7, 11) is 0. The number of aromatic amines is 1. The Morgan fingerprint density at radius 1 is 1.30 bits per heavy atom. The quantitative estimate of drug-likeness (QED) is 0.770. The molecule has 1 aliphatic rings. The summed E-state index contributed by atoms with van der Waals surface area (Å²) in [4.78, 5) is 12.3. The molecule has 1 fully saturated rings. The number of tetrazole rings is 1. The van der Waals surface area contributed by atoms with Crippen LogP contribution in [0.15, 0.2) is 41.0 Å². The molecule has 7 nitrogen and oxygen atoms in total. The second-order valence-electron chi connectivity index (χ2n) is 5.80. The van der Waals surface area contributed by atoms with Gasteiger partial charge in [-0.1, -0.05) is 24.3 Å². The van der Waals surface area contributed by atoms with Gasteiger partial charge in [0.25, 0.3) is 5.91 Å².